The van der Waals surface area contributed by atoms with E-state index in [1.165, 1.54) is 0 Å². The number of amides is 1. The minimum Gasteiger partial charge on any atom is -0.497 e. The predicted octanol–water partition coefficient (Wildman–Crippen LogP) is 6.78. The molecule has 3 aromatic heterocycles. The summed E-state index contributed by atoms with van der Waals surface area (Å²) >= 11 is 0. The van der Waals surface area contributed by atoms with Crippen molar-refractivity contribution in [1.29, 1.82) is 0 Å². The number of unbranched alkanes of at least 4 members (excludes halogenated alkanes) is 2. The van der Waals surface area contributed by atoms with Gasteiger partial charge in [-0.3, -0.25) is 19.6 Å². The molecule has 0 radical (unpaired) electrons. The van der Waals surface area contributed by atoms with Crippen LogP contribution in [0.25, 0.3) is 33.2 Å². The summed E-state index contributed by atoms with van der Waals surface area (Å²) in [6, 6.07) is 11.4. The van der Waals surface area contributed by atoms with Gasteiger partial charge in [0, 0.05) is 47.4 Å². The molecule has 1 amide bonds. The summed E-state index contributed by atoms with van der Waals surface area (Å²) < 4.78 is 37.1. The smallest absolute Gasteiger partial charge is 0.490 e. The van der Waals surface area contributed by atoms with E-state index >= 15 is 0 Å². The third-order valence-electron chi connectivity index (χ3n) is 7.79. The number of halogens is 3. The van der Waals surface area contributed by atoms with Crippen LogP contribution < -0.4 is 10.1 Å². The molecule has 3 heterocycles. The number of carboxylic acid groups (broad SMARTS) is 1. The number of imidazole rings is 1. The molecule has 0 saturated carbocycles. The van der Waals surface area contributed by atoms with Crippen molar-refractivity contribution < 1.29 is 37.4 Å². The van der Waals surface area contributed by atoms with Crippen molar-refractivity contribution in [2.24, 2.45) is 0 Å². The quantitative estimate of drug-likeness (QED) is 0.1000. The average molecular weight is 667 g/mol. The largest absolute Gasteiger partial charge is 0.497 e. The first-order valence-electron chi connectivity index (χ1n) is 15.4. The van der Waals surface area contributed by atoms with E-state index in [2.05, 4.69) is 30.2 Å². The lowest BCUT2D eigenvalue weighted by Crippen LogP contribution is -2.30. The van der Waals surface area contributed by atoms with Gasteiger partial charge in [0.25, 0.3) is 0 Å². The highest BCUT2D eigenvalue weighted by molar-refractivity contribution is 5.91. The third kappa shape index (κ3) is 9.39. The van der Waals surface area contributed by atoms with Gasteiger partial charge in [-0.15, -0.1) is 0 Å². The van der Waals surface area contributed by atoms with E-state index in [9.17, 15) is 22.8 Å². The number of H-pyrrole nitrogens is 2. The van der Waals surface area contributed by atoms with E-state index in [1.54, 1.807) is 25.7 Å². The van der Waals surface area contributed by atoms with Gasteiger partial charge in [0.2, 0.25) is 5.91 Å². The van der Waals surface area contributed by atoms with Crippen LogP contribution in [0.1, 0.15) is 68.6 Å². The molecule has 5 rings (SSSR count). The molecule has 14 heteroatoms. The molecule has 5 aromatic rings. The zero-order chi connectivity index (χ0) is 34.8. The monoisotopic (exact) mass is 666 g/mol. The molecule has 254 valence electrons. The number of ketones is 1. The molecule has 0 aliphatic carbocycles. The number of fused-ring (bicyclic) bond motifs is 2. The number of rotatable bonds is 13. The maximum atomic E-state index is 13.4. The zero-order valence-electron chi connectivity index (χ0n) is 26.8. The molecule has 0 saturated heterocycles. The fourth-order valence-electron chi connectivity index (χ4n) is 5.21. The number of alkyl halides is 3. The Morgan fingerprint density at radius 2 is 1.71 bits per heavy atom. The number of nitrogens with one attached hydrogen (secondary N) is 3. The van der Waals surface area contributed by atoms with E-state index in [0.717, 1.165) is 69.5 Å². The Bertz CT molecular complexity index is 1880. The lowest BCUT2D eigenvalue weighted by molar-refractivity contribution is -0.192. The van der Waals surface area contributed by atoms with Crippen molar-refractivity contribution in [2.75, 3.05) is 7.11 Å². The number of methoxy groups -OCH3 is 1. The lowest BCUT2D eigenvalue weighted by atomic mass is 10.0. The number of hydrogen-bond donors (Lipinski definition) is 4. The van der Waals surface area contributed by atoms with E-state index in [4.69, 9.17) is 14.6 Å². The molecule has 1 atom stereocenters. The van der Waals surface area contributed by atoms with Gasteiger partial charge in [0.05, 0.1) is 42.5 Å². The van der Waals surface area contributed by atoms with Gasteiger partial charge in [0.15, 0.2) is 0 Å². The summed E-state index contributed by atoms with van der Waals surface area (Å²) in [5, 5.41) is 11.3. The first-order valence-corrected chi connectivity index (χ1v) is 15.4. The Balaban J connectivity index is 0.000000671. The van der Waals surface area contributed by atoms with Gasteiger partial charge in [-0.1, -0.05) is 25.8 Å². The molecule has 0 bridgehead atoms. The van der Waals surface area contributed by atoms with Gasteiger partial charge < -0.3 is 25.1 Å². The number of aromatic nitrogens is 5. The molecule has 0 aliphatic heterocycles. The number of carboxylic acids is 1. The number of nitrogens with zero attached hydrogens (tertiary/aromatic N) is 3. The Labute approximate surface area is 274 Å². The van der Waals surface area contributed by atoms with Gasteiger partial charge >= 0.3 is 12.1 Å². The number of hydrogen-bond acceptors (Lipinski definition) is 7. The Morgan fingerprint density at radius 3 is 2.40 bits per heavy atom. The van der Waals surface area contributed by atoms with Gasteiger partial charge in [-0.2, -0.15) is 13.2 Å². The Hall–Kier alpha value is -5.27. The summed E-state index contributed by atoms with van der Waals surface area (Å²) in [6.45, 7) is 3.88. The second-order valence-corrected chi connectivity index (χ2v) is 11.2. The summed E-state index contributed by atoms with van der Waals surface area (Å²) in [5.74, 6) is -1.10. The van der Waals surface area contributed by atoms with Crippen molar-refractivity contribution in [2.45, 2.75) is 71.0 Å². The van der Waals surface area contributed by atoms with Crippen molar-refractivity contribution in [1.82, 2.24) is 30.2 Å². The zero-order valence-corrected chi connectivity index (χ0v) is 26.8. The van der Waals surface area contributed by atoms with E-state index in [-0.39, 0.29) is 24.2 Å². The highest BCUT2D eigenvalue weighted by Crippen LogP contribution is 2.28. The molecule has 1 unspecified atom stereocenters. The number of aromatic amines is 2. The van der Waals surface area contributed by atoms with Crippen LogP contribution in [0.15, 0.2) is 55.0 Å². The molecular weight excluding hydrogens is 629 g/mol. The number of aryl methyl sites for hydroxylation is 1. The maximum Gasteiger partial charge on any atom is 0.490 e. The number of benzene rings is 2. The van der Waals surface area contributed by atoms with Gasteiger partial charge in [-0.05, 0) is 55.7 Å². The van der Waals surface area contributed by atoms with Crippen LogP contribution in [0.4, 0.5) is 13.2 Å². The maximum absolute atomic E-state index is 13.4. The van der Waals surface area contributed by atoms with Crippen LogP contribution >= 0.6 is 0 Å². The van der Waals surface area contributed by atoms with Crippen molar-refractivity contribution in [3.63, 3.8) is 0 Å². The van der Waals surface area contributed by atoms with Crippen LogP contribution in [0.3, 0.4) is 0 Å². The normalized spacial score (nSPS) is 12.0. The first-order chi connectivity index (χ1) is 22.9. The number of carbonyl (C=O) groups excluding carboxylic acids is 2. The fourth-order valence-corrected chi connectivity index (χ4v) is 5.21. The lowest BCUT2D eigenvalue weighted by Gasteiger charge is -2.17. The van der Waals surface area contributed by atoms with Crippen LogP contribution in [-0.4, -0.2) is 61.0 Å². The second kappa shape index (κ2) is 16.0. The molecule has 4 N–H and O–H groups in total. The minimum atomic E-state index is -5.08. The van der Waals surface area contributed by atoms with Crippen LogP contribution in [0.2, 0.25) is 0 Å². The molecule has 0 aliphatic rings. The second-order valence-electron chi connectivity index (χ2n) is 11.2. The van der Waals surface area contributed by atoms with Crippen molar-refractivity contribution >= 4 is 39.6 Å². The number of carbonyl (C=O) groups is 3. The highest BCUT2D eigenvalue weighted by atomic mass is 19.4. The van der Waals surface area contributed by atoms with Gasteiger partial charge in [0.1, 0.15) is 17.4 Å². The SMILES string of the molecule is CCC(=O)CCCCCC(NC(=O)Cc1c(C)[nH]c2ccc(OC)cc12)c1ncc(-c2ccc3nccnc3c2)[nH]1.O=C(O)C(F)(F)F. The molecular formula is C34H37F3N6O5. The minimum absolute atomic E-state index is 0.0816. The Kier molecular flexibility index (Phi) is 11.9. The summed E-state index contributed by atoms with van der Waals surface area (Å²) in [4.78, 5) is 54.3. The topological polar surface area (TPSA) is 163 Å². The Morgan fingerprint density at radius 1 is 0.979 bits per heavy atom. The third-order valence-corrected chi connectivity index (χ3v) is 7.79. The average Bonchev–Trinajstić information content (AvgIpc) is 3.68. The number of Topliss-reactive ketones (excluding diaryl/α,β-unsaturated/α-hetero) is 1. The summed E-state index contributed by atoms with van der Waals surface area (Å²) in [6.07, 6.45) is 4.82. The summed E-state index contributed by atoms with van der Waals surface area (Å²) in [5.41, 5.74) is 6.31. The fraction of sp³-hybridized carbons (Fsp3) is 0.353. The van der Waals surface area contributed by atoms with Crippen molar-refractivity contribution in [3.8, 4) is 17.0 Å². The van der Waals surface area contributed by atoms with Crippen molar-refractivity contribution in [3.05, 3.63) is 72.1 Å². The molecule has 48 heavy (non-hydrogen) atoms. The molecule has 2 aromatic carbocycles. The first kappa shape index (κ1) is 35.6. The molecule has 11 nitrogen and oxygen atoms in total. The van der Waals surface area contributed by atoms with E-state index in [1.807, 2.05) is 50.2 Å². The van der Waals surface area contributed by atoms with Gasteiger partial charge in [-0.25, -0.2) is 9.78 Å². The molecule has 0 spiro atoms. The number of aliphatic carboxylic acids is 1. The van der Waals surface area contributed by atoms with Crippen LogP contribution in [-0.2, 0) is 20.8 Å². The predicted molar refractivity (Wildman–Crippen MR) is 173 cm³/mol. The van der Waals surface area contributed by atoms with Crippen LogP contribution in [0.5, 0.6) is 5.75 Å². The van der Waals surface area contributed by atoms with Crippen LogP contribution in [0, 0.1) is 6.92 Å². The van der Waals surface area contributed by atoms with E-state index < -0.39 is 12.1 Å². The highest BCUT2D eigenvalue weighted by Gasteiger charge is 2.38. The number of ether oxygens (including phenoxy) is 1. The van der Waals surface area contributed by atoms with E-state index in [0.29, 0.717) is 25.1 Å². The molecule has 0 fully saturated rings. The standard InChI is InChI=1S/C32H36N6O3.C2HF3O2/c1-4-22(39)8-6-5-7-9-28(32-35-19-30(38-32)21-10-12-27-29(16-21)34-15-14-33-27)37-31(40)18-24-20(2)36-26-13-11-23(41-3)17-25(24)26;3-2(4,5)1(6)7/h10-17,19,28,36H,4-9,18H2,1-3H3,(H,35,38)(H,37,40);(H,6,7). The summed E-state index contributed by atoms with van der Waals surface area (Å²) in [7, 11) is 1.64.